The molecule has 7 nitrogen and oxygen atoms in total. The lowest BCUT2D eigenvalue weighted by atomic mass is 10.1. The Morgan fingerprint density at radius 3 is 2.39 bits per heavy atom. The van der Waals surface area contributed by atoms with Gasteiger partial charge in [-0.25, -0.2) is 9.59 Å². The van der Waals surface area contributed by atoms with Gasteiger partial charge in [0.05, 0.1) is 21.1 Å². The molecule has 0 aliphatic heterocycles. The molecule has 118 valence electrons. The van der Waals surface area contributed by atoms with E-state index in [0.29, 0.717) is 5.56 Å². The molecule has 0 radical (unpaired) electrons. The Bertz CT molecular complexity index is 772. The summed E-state index contributed by atoms with van der Waals surface area (Å²) in [6.45, 7) is -0.113. The summed E-state index contributed by atoms with van der Waals surface area (Å²) in [5, 5.41) is 19.5. The van der Waals surface area contributed by atoms with Crippen molar-refractivity contribution in [1.82, 2.24) is 0 Å². The van der Waals surface area contributed by atoms with Gasteiger partial charge in [0.25, 0.3) is 5.69 Å². The maximum atomic E-state index is 12.0. The van der Waals surface area contributed by atoms with E-state index in [-0.39, 0.29) is 28.4 Å². The summed E-state index contributed by atoms with van der Waals surface area (Å²) < 4.78 is 5.04. The number of esters is 1. The predicted octanol–water partition coefficient (Wildman–Crippen LogP) is 3.30. The maximum absolute atomic E-state index is 12.0. The van der Waals surface area contributed by atoms with Gasteiger partial charge in [-0.15, -0.1) is 0 Å². The lowest BCUT2D eigenvalue weighted by Gasteiger charge is -2.06. The van der Waals surface area contributed by atoms with Gasteiger partial charge in [-0.3, -0.25) is 10.1 Å². The smallest absolute Gasteiger partial charge is 0.340 e. The van der Waals surface area contributed by atoms with E-state index in [0.717, 1.165) is 6.07 Å². The fraction of sp³-hybridized carbons (Fsp3) is 0.0667. The summed E-state index contributed by atoms with van der Waals surface area (Å²) in [4.78, 5) is 32.8. The highest BCUT2D eigenvalue weighted by Crippen LogP contribution is 2.23. The Morgan fingerprint density at radius 2 is 1.83 bits per heavy atom. The average Bonchev–Trinajstić information content (AvgIpc) is 2.53. The van der Waals surface area contributed by atoms with Crippen molar-refractivity contribution in [2.45, 2.75) is 6.61 Å². The van der Waals surface area contributed by atoms with Crippen molar-refractivity contribution < 1.29 is 24.4 Å². The molecule has 0 bridgehead atoms. The molecule has 2 aromatic rings. The van der Waals surface area contributed by atoms with Crippen LogP contribution in [0, 0.1) is 10.1 Å². The molecular formula is C15H10ClNO6. The number of carbonyl (C=O) groups is 2. The van der Waals surface area contributed by atoms with E-state index in [4.69, 9.17) is 21.4 Å². The highest BCUT2D eigenvalue weighted by molar-refractivity contribution is 6.33. The molecule has 0 aliphatic rings. The molecule has 0 unspecified atom stereocenters. The van der Waals surface area contributed by atoms with Crippen LogP contribution < -0.4 is 0 Å². The van der Waals surface area contributed by atoms with Crippen molar-refractivity contribution in [2.24, 2.45) is 0 Å². The summed E-state index contributed by atoms with van der Waals surface area (Å²) in [7, 11) is 0. The van der Waals surface area contributed by atoms with Crippen molar-refractivity contribution in [3.63, 3.8) is 0 Å². The number of ether oxygens (including phenoxy) is 1. The second-order valence-electron chi connectivity index (χ2n) is 4.50. The average molecular weight is 336 g/mol. The number of carboxylic acids is 1. The number of aromatic carboxylic acids is 1. The summed E-state index contributed by atoms with van der Waals surface area (Å²) in [5.74, 6) is -1.86. The monoisotopic (exact) mass is 335 g/mol. The molecule has 0 heterocycles. The van der Waals surface area contributed by atoms with Crippen molar-refractivity contribution >= 4 is 29.2 Å². The van der Waals surface area contributed by atoms with Crippen LogP contribution in [0.3, 0.4) is 0 Å². The Hall–Kier alpha value is -2.93. The second-order valence-corrected chi connectivity index (χ2v) is 4.91. The van der Waals surface area contributed by atoms with Crippen LogP contribution in [-0.4, -0.2) is 22.0 Å². The van der Waals surface area contributed by atoms with Crippen molar-refractivity contribution in [1.29, 1.82) is 0 Å². The fourth-order valence-corrected chi connectivity index (χ4v) is 1.95. The fourth-order valence-electron chi connectivity index (χ4n) is 1.75. The first-order valence-electron chi connectivity index (χ1n) is 6.32. The molecule has 23 heavy (non-hydrogen) atoms. The Balaban J connectivity index is 2.09. The molecule has 0 aromatic heterocycles. The van der Waals surface area contributed by atoms with E-state index in [1.54, 1.807) is 0 Å². The maximum Gasteiger partial charge on any atom is 0.340 e. The first-order chi connectivity index (χ1) is 10.9. The van der Waals surface area contributed by atoms with E-state index >= 15 is 0 Å². The molecule has 0 amide bonds. The number of non-ortho nitro benzene ring substituents is 1. The number of halogens is 1. The number of nitro benzene ring substituents is 1. The van der Waals surface area contributed by atoms with Crippen LogP contribution in [0.25, 0.3) is 0 Å². The van der Waals surface area contributed by atoms with Crippen LogP contribution >= 0.6 is 11.6 Å². The third kappa shape index (κ3) is 4.04. The molecule has 2 rings (SSSR count). The zero-order chi connectivity index (χ0) is 17.0. The Morgan fingerprint density at radius 1 is 1.17 bits per heavy atom. The normalized spacial score (nSPS) is 10.1. The number of nitrogens with zero attached hydrogens (tertiary/aromatic N) is 1. The summed E-state index contributed by atoms with van der Waals surface area (Å²) in [6, 6.07) is 9.25. The zero-order valence-corrected chi connectivity index (χ0v) is 12.3. The first kappa shape index (κ1) is 16.4. The Kier molecular flexibility index (Phi) is 4.92. The molecule has 0 atom stereocenters. The van der Waals surface area contributed by atoms with Crippen molar-refractivity contribution in [3.05, 3.63) is 74.3 Å². The standard InChI is InChI=1S/C15H10ClNO6/c16-13-6-5-11(17(21)22)7-12(13)15(20)23-8-9-1-3-10(4-2-9)14(18)19/h1-7H,8H2,(H,18,19). The molecule has 0 saturated heterocycles. The summed E-state index contributed by atoms with van der Waals surface area (Å²) in [6.07, 6.45) is 0. The minimum atomic E-state index is -1.06. The highest BCUT2D eigenvalue weighted by atomic mass is 35.5. The molecule has 2 aromatic carbocycles. The molecular weight excluding hydrogens is 326 g/mol. The van der Waals surface area contributed by atoms with Crippen LogP contribution in [-0.2, 0) is 11.3 Å². The number of nitro groups is 1. The van der Waals surface area contributed by atoms with Crippen LogP contribution in [0.2, 0.25) is 5.02 Å². The number of carboxylic acid groups (broad SMARTS) is 1. The third-order valence-electron chi connectivity index (χ3n) is 2.95. The Labute approximate surface area is 135 Å². The lowest BCUT2D eigenvalue weighted by Crippen LogP contribution is -2.07. The summed E-state index contributed by atoms with van der Waals surface area (Å²) in [5.41, 5.74) is 0.307. The summed E-state index contributed by atoms with van der Waals surface area (Å²) >= 11 is 5.84. The number of carbonyl (C=O) groups excluding carboxylic acids is 1. The van der Waals surface area contributed by atoms with Crippen molar-refractivity contribution in [2.75, 3.05) is 0 Å². The van der Waals surface area contributed by atoms with E-state index in [1.807, 2.05) is 0 Å². The van der Waals surface area contributed by atoms with Gasteiger partial charge < -0.3 is 9.84 Å². The van der Waals surface area contributed by atoms with E-state index in [9.17, 15) is 19.7 Å². The van der Waals surface area contributed by atoms with E-state index in [1.165, 1.54) is 36.4 Å². The van der Waals surface area contributed by atoms with Gasteiger partial charge in [-0.2, -0.15) is 0 Å². The van der Waals surface area contributed by atoms with Crippen LogP contribution in [0.4, 0.5) is 5.69 Å². The van der Waals surface area contributed by atoms with Crippen LogP contribution in [0.15, 0.2) is 42.5 Å². The number of benzene rings is 2. The molecule has 1 N–H and O–H groups in total. The van der Waals surface area contributed by atoms with Gasteiger partial charge in [-0.1, -0.05) is 23.7 Å². The largest absolute Gasteiger partial charge is 0.478 e. The molecule has 8 heteroatoms. The predicted molar refractivity (Wildman–Crippen MR) is 80.6 cm³/mol. The molecule has 0 aliphatic carbocycles. The molecule has 0 spiro atoms. The lowest BCUT2D eigenvalue weighted by molar-refractivity contribution is -0.384. The zero-order valence-electron chi connectivity index (χ0n) is 11.6. The van der Waals surface area contributed by atoms with Gasteiger partial charge >= 0.3 is 11.9 Å². The topological polar surface area (TPSA) is 107 Å². The number of hydrogen-bond donors (Lipinski definition) is 1. The second kappa shape index (κ2) is 6.89. The minimum absolute atomic E-state index is 0.0434. The van der Waals surface area contributed by atoms with Gasteiger partial charge in [-0.05, 0) is 23.8 Å². The minimum Gasteiger partial charge on any atom is -0.478 e. The van der Waals surface area contributed by atoms with Gasteiger partial charge in [0.1, 0.15) is 6.61 Å². The third-order valence-corrected chi connectivity index (χ3v) is 3.28. The first-order valence-corrected chi connectivity index (χ1v) is 6.69. The van der Waals surface area contributed by atoms with Gasteiger partial charge in [0.15, 0.2) is 0 Å². The molecule has 0 saturated carbocycles. The molecule has 0 fully saturated rings. The van der Waals surface area contributed by atoms with E-state index < -0.39 is 16.9 Å². The highest BCUT2D eigenvalue weighted by Gasteiger charge is 2.17. The van der Waals surface area contributed by atoms with Gasteiger partial charge in [0, 0.05) is 12.1 Å². The van der Waals surface area contributed by atoms with E-state index in [2.05, 4.69) is 0 Å². The van der Waals surface area contributed by atoms with Crippen LogP contribution in [0.5, 0.6) is 0 Å². The van der Waals surface area contributed by atoms with Crippen molar-refractivity contribution in [3.8, 4) is 0 Å². The number of rotatable bonds is 5. The number of hydrogen-bond acceptors (Lipinski definition) is 5. The SMILES string of the molecule is O=C(O)c1ccc(COC(=O)c2cc([N+](=O)[O-])ccc2Cl)cc1. The van der Waals surface area contributed by atoms with Gasteiger partial charge in [0.2, 0.25) is 0 Å². The quantitative estimate of drug-likeness (QED) is 0.510. The van der Waals surface area contributed by atoms with Crippen LogP contribution in [0.1, 0.15) is 26.3 Å².